The number of methoxy groups -OCH3 is 1. The van der Waals surface area contributed by atoms with E-state index in [-0.39, 0.29) is 30.6 Å². The SMILES string of the molecule is COCC(=O)N1CCC(Oc2ccc(C(=O)N(C)CCC3CCCCO3)cc2)CC1. The van der Waals surface area contributed by atoms with Gasteiger partial charge in [-0.1, -0.05) is 0 Å². The van der Waals surface area contributed by atoms with Gasteiger partial charge >= 0.3 is 0 Å². The van der Waals surface area contributed by atoms with E-state index in [2.05, 4.69) is 0 Å². The standard InChI is InChI=1S/C23H34N2O5/c1-24(13-10-19-5-3-4-16-29-19)23(27)18-6-8-20(9-7-18)30-21-11-14-25(15-12-21)22(26)17-28-2/h6-9,19,21H,3-5,10-17H2,1-2H3. The van der Waals surface area contributed by atoms with Crippen molar-refractivity contribution in [3.8, 4) is 5.75 Å². The van der Waals surface area contributed by atoms with E-state index in [1.807, 2.05) is 36.2 Å². The molecule has 166 valence electrons. The van der Waals surface area contributed by atoms with Crippen LogP contribution in [0.4, 0.5) is 0 Å². The largest absolute Gasteiger partial charge is 0.490 e. The molecule has 2 aliphatic heterocycles. The van der Waals surface area contributed by atoms with Gasteiger partial charge in [0.25, 0.3) is 5.91 Å². The zero-order chi connectivity index (χ0) is 21.3. The molecule has 0 saturated carbocycles. The number of rotatable bonds is 8. The van der Waals surface area contributed by atoms with Crippen LogP contribution in [0.1, 0.15) is 48.9 Å². The van der Waals surface area contributed by atoms with Crippen molar-refractivity contribution < 1.29 is 23.8 Å². The monoisotopic (exact) mass is 418 g/mol. The second-order valence-electron chi connectivity index (χ2n) is 8.16. The number of hydrogen-bond acceptors (Lipinski definition) is 5. The van der Waals surface area contributed by atoms with Crippen LogP contribution in [0.3, 0.4) is 0 Å². The van der Waals surface area contributed by atoms with Gasteiger partial charge in [-0.05, 0) is 49.9 Å². The summed E-state index contributed by atoms with van der Waals surface area (Å²) < 4.78 is 16.7. The molecule has 2 fully saturated rings. The number of piperidine rings is 1. The lowest BCUT2D eigenvalue weighted by molar-refractivity contribution is -0.136. The van der Waals surface area contributed by atoms with Crippen LogP contribution in [0.15, 0.2) is 24.3 Å². The summed E-state index contributed by atoms with van der Waals surface area (Å²) in [5.41, 5.74) is 0.661. The van der Waals surface area contributed by atoms with Crippen LogP contribution < -0.4 is 4.74 Å². The molecule has 0 aliphatic carbocycles. The van der Waals surface area contributed by atoms with Crippen molar-refractivity contribution in [2.45, 2.75) is 50.7 Å². The van der Waals surface area contributed by atoms with E-state index in [1.165, 1.54) is 13.5 Å². The second kappa shape index (κ2) is 11.3. The Morgan fingerprint density at radius 3 is 2.50 bits per heavy atom. The van der Waals surface area contributed by atoms with Gasteiger partial charge in [-0.15, -0.1) is 0 Å². The van der Waals surface area contributed by atoms with Gasteiger partial charge in [-0.2, -0.15) is 0 Å². The number of carbonyl (C=O) groups is 2. The predicted molar refractivity (Wildman–Crippen MR) is 114 cm³/mol. The molecule has 0 aromatic heterocycles. The van der Waals surface area contributed by atoms with Crippen molar-refractivity contribution in [1.29, 1.82) is 0 Å². The number of benzene rings is 1. The smallest absolute Gasteiger partial charge is 0.253 e. The van der Waals surface area contributed by atoms with Gasteiger partial charge in [-0.3, -0.25) is 9.59 Å². The summed E-state index contributed by atoms with van der Waals surface area (Å²) in [6.07, 6.45) is 6.28. The molecule has 2 heterocycles. The Hall–Kier alpha value is -2.12. The molecule has 1 unspecified atom stereocenters. The molecule has 30 heavy (non-hydrogen) atoms. The van der Waals surface area contributed by atoms with E-state index in [0.717, 1.165) is 44.5 Å². The highest BCUT2D eigenvalue weighted by Crippen LogP contribution is 2.21. The zero-order valence-corrected chi connectivity index (χ0v) is 18.2. The fourth-order valence-electron chi connectivity index (χ4n) is 4.00. The first kappa shape index (κ1) is 22.6. The van der Waals surface area contributed by atoms with E-state index < -0.39 is 0 Å². The Balaban J connectivity index is 1.43. The summed E-state index contributed by atoms with van der Waals surface area (Å²) in [4.78, 5) is 28.1. The van der Waals surface area contributed by atoms with E-state index in [1.54, 1.807) is 4.90 Å². The van der Waals surface area contributed by atoms with Crippen LogP contribution >= 0.6 is 0 Å². The van der Waals surface area contributed by atoms with Gasteiger partial charge < -0.3 is 24.0 Å². The maximum atomic E-state index is 12.7. The van der Waals surface area contributed by atoms with Gasteiger partial charge in [0.1, 0.15) is 18.5 Å². The molecule has 2 amide bonds. The molecule has 0 radical (unpaired) electrons. The molecule has 2 aliphatic rings. The van der Waals surface area contributed by atoms with Gasteiger partial charge in [0, 0.05) is 58.8 Å². The van der Waals surface area contributed by atoms with E-state index in [4.69, 9.17) is 14.2 Å². The third-order valence-corrected chi connectivity index (χ3v) is 5.87. The van der Waals surface area contributed by atoms with Crippen molar-refractivity contribution >= 4 is 11.8 Å². The van der Waals surface area contributed by atoms with Gasteiger partial charge in [0.05, 0.1) is 6.10 Å². The molecule has 1 aromatic rings. The second-order valence-corrected chi connectivity index (χ2v) is 8.16. The summed E-state index contributed by atoms with van der Waals surface area (Å²) in [5, 5.41) is 0. The Bertz CT molecular complexity index is 679. The third-order valence-electron chi connectivity index (χ3n) is 5.87. The third kappa shape index (κ3) is 6.44. The Morgan fingerprint density at radius 1 is 1.13 bits per heavy atom. The van der Waals surface area contributed by atoms with Crippen molar-refractivity contribution in [3.05, 3.63) is 29.8 Å². The highest BCUT2D eigenvalue weighted by atomic mass is 16.5. The molecule has 1 atom stereocenters. The van der Waals surface area contributed by atoms with E-state index >= 15 is 0 Å². The molecule has 1 aromatic carbocycles. The summed E-state index contributed by atoms with van der Waals surface area (Å²) in [5.74, 6) is 0.798. The lowest BCUT2D eigenvalue weighted by Gasteiger charge is -2.32. The molecule has 0 N–H and O–H groups in total. The van der Waals surface area contributed by atoms with Gasteiger partial charge in [-0.25, -0.2) is 0 Å². The normalized spacial score (nSPS) is 20.1. The minimum atomic E-state index is 0.0160. The average Bonchev–Trinajstić information content (AvgIpc) is 2.79. The fraction of sp³-hybridized carbons (Fsp3) is 0.652. The molecular weight excluding hydrogens is 384 g/mol. The number of likely N-dealkylation sites (tertiary alicyclic amines) is 1. The van der Waals surface area contributed by atoms with Crippen LogP contribution in [0, 0.1) is 0 Å². The molecule has 0 bridgehead atoms. The minimum Gasteiger partial charge on any atom is -0.490 e. The molecule has 2 saturated heterocycles. The van der Waals surface area contributed by atoms with Gasteiger partial charge in [0.2, 0.25) is 5.91 Å². The first-order valence-electron chi connectivity index (χ1n) is 11.0. The highest BCUT2D eigenvalue weighted by molar-refractivity contribution is 5.94. The summed E-state index contributed by atoms with van der Waals surface area (Å²) >= 11 is 0. The first-order chi connectivity index (χ1) is 14.6. The van der Waals surface area contributed by atoms with Crippen molar-refractivity contribution in [1.82, 2.24) is 9.80 Å². The highest BCUT2D eigenvalue weighted by Gasteiger charge is 2.24. The quantitative estimate of drug-likeness (QED) is 0.649. The minimum absolute atomic E-state index is 0.0160. The lowest BCUT2D eigenvalue weighted by atomic mass is 10.1. The van der Waals surface area contributed by atoms with Crippen LogP contribution in [-0.2, 0) is 14.3 Å². The topological polar surface area (TPSA) is 68.3 Å². The van der Waals surface area contributed by atoms with Crippen LogP contribution in [0.25, 0.3) is 0 Å². The van der Waals surface area contributed by atoms with Gasteiger partial charge in [0.15, 0.2) is 0 Å². The lowest BCUT2D eigenvalue weighted by Crippen LogP contribution is -2.43. The molecule has 0 spiro atoms. The van der Waals surface area contributed by atoms with Crippen LogP contribution in [0.5, 0.6) is 5.75 Å². The zero-order valence-electron chi connectivity index (χ0n) is 18.2. The van der Waals surface area contributed by atoms with E-state index in [9.17, 15) is 9.59 Å². The first-order valence-corrected chi connectivity index (χ1v) is 11.0. The molecule has 7 nitrogen and oxygen atoms in total. The number of ether oxygens (including phenoxy) is 3. The number of amides is 2. The summed E-state index contributed by atoms with van der Waals surface area (Å²) in [6, 6.07) is 7.35. The number of hydrogen-bond donors (Lipinski definition) is 0. The van der Waals surface area contributed by atoms with Crippen molar-refractivity contribution in [2.75, 3.05) is 47.0 Å². The van der Waals surface area contributed by atoms with E-state index in [0.29, 0.717) is 25.2 Å². The Kier molecular flexibility index (Phi) is 8.51. The van der Waals surface area contributed by atoms with Crippen molar-refractivity contribution in [3.63, 3.8) is 0 Å². The van der Waals surface area contributed by atoms with Crippen LogP contribution in [0.2, 0.25) is 0 Å². The molecule has 7 heteroatoms. The number of carbonyl (C=O) groups excluding carboxylic acids is 2. The molecular formula is C23H34N2O5. The van der Waals surface area contributed by atoms with Crippen LogP contribution in [-0.4, -0.2) is 80.8 Å². The maximum Gasteiger partial charge on any atom is 0.253 e. The predicted octanol–water partition coefficient (Wildman–Crippen LogP) is 2.73. The number of nitrogens with zero attached hydrogens (tertiary/aromatic N) is 2. The van der Waals surface area contributed by atoms with Crippen molar-refractivity contribution in [2.24, 2.45) is 0 Å². The Morgan fingerprint density at radius 2 is 1.87 bits per heavy atom. The summed E-state index contributed by atoms with van der Waals surface area (Å²) in [7, 11) is 3.37. The molecule has 3 rings (SSSR count). The fourth-order valence-corrected chi connectivity index (χ4v) is 4.00. The Labute approximate surface area is 179 Å². The average molecular weight is 419 g/mol. The maximum absolute atomic E-state index is 12.7. The summed E-state index contributed by atoms with van der Waals surface area (Å²) in [6.45, 7) is 3.02.